The number of benzene rings is 3. The number of nitrogens with one attached hydrogen (secondary N) is 1. The minimum Gasteiger partial charge on any atom is -0.315 e. The van der Waals surface area contributed by atoms with Crippen molar-refractivity contribution in [3.05, 3.63) is 108 Å². The van der Waals surface area contributed by atoms with E-state index in [0.717, 1.165) is 13.1 Å². The minimum atomic E-state index is -0.293. The van der Waals surface area contributed by atoms with Crippen LogP contribution in [0.15, 0.2) is 91.0 Å². The third-order valence-electron chi connectivity index (χ3n) is 6.38. The van der Waals surface area contributed by atoms with E-state index in [1.54, 1.807) is 0 Å². The zero-order valence-electron chi connectivity index (χ0n) is 16.9. The van der Waals surface area contributed by atoms with E-state index in [1.165, 1.54) is 23.1 Å². The van der Waals surface area contributed by atoms with Gasteiger partial charge in [-0.2, -0.15) is 0 Å². The van der Waals surface area contributed by atoms with Gasteiger partial charge in [-0.1, -0.05) is 97.9 Å². The number of rotatable bonds is 5. The molecule has 2 nitrogen and oxygen atoms in total. The van der Waals surface area contributed by atoms with Crippen LogP contribution in [-0.2, 0) is 5.54 Å². The van der Waals surface area contributed by atoms with Crippen LogP contribution in [-0.4, -0.2) is 31.1 Å². The van der Waals surface area contributed by atoms with Gasteiger partial charge in [-0.25, -0.2) is 0 Å². The molecule has 1 heterocycles. The summed E-state index contributed by atoms with van der Waals surface area (Å²) in [6.45, 7) is 4.47. The van der Waals surface area contributed by atoms with Crippen molar-refractivity contribution in [3.8, 4) is 0 Å². The largest absolute Gasteiger partial charge is 0.315 e. The summed E-state index contributed by atoms with van der Waals surface area (Å²) < 4.78 is 0. The van der Waals surface area contributed by atoms with Gasteiger partial charge in [0.15, 0.2) is 0 Å². The molecule has 1 N–H and O–H groups in total. The maximum absolute atomic E-state index is 3.57. The van der Waals surface area contributed by atoms with E-state index in [2.05, 4.69) is 115 Å². The smallest absolute Gasteiger partial charge is 0.0973 e. The van der Waals surface area contributed by atoms with Gasteiger partial charge in [-0.15, -0.1) is 0 Å². The molecule has 4 rings (SSSR count). The van der Waals surface area contributed by atoms with Crippen molar-refractivity contribution in [1.82, 2.24) is 10.2 Å². The monoisotopic (exact) mass is 370 g/mol. The van der Waals surface area contributed by atoms with Crippen molar-refractivity contribution < 1.29 is 0 Å². The summed E-state index contributed by atoms with van der Waals surface area (Å²) in [5.41, 5.74) is 3.70. The normalized spacial score (nSPS) is 20.8. The number of likely N-dealkylation sites (N-methyl/N-ethyl adjacent to an activating group) is 1. The number of nitrogens with zero attached hydrogens (tertiary/aromatic N) is 1. The highest BCUT2D eigenvalue weighted by atomic mass is 15.2. The molecule has 2 heteroatoms. The first-order valence-electron chi connectivity index (χ1n) is 10.4. The molecule has 0 aromatic heterocycles. The summed E-state index contributed by atoms with van der Waals surface area (Å²) in [5, 5.41) is 3.57. The van der Waals surface area contributed by atoms with E-state index >= 15 is 0 Å². The molecule has 0 radical (unpaired) electrons. The molecule has 1 fully saturated rings. The predicted octanol–water partition coefficient (Wildman–Crippen LogP) is 4.91. The van der Waals surface area contributed by atoms with Gasteiger partial charge >= 0.3 is 0 Å². The Morgan fingerprint density at radius 1 is 0.750 bits per heavy atom. The maximum atomic E-state index is 3.57. The van der Waals surface area contributed by atoms with Crippen LogP contribution >= 0.6 is 0 Å². The summed E-state index contributed by atoms with van der Waals surface area (Å²) in [5.74, 6) is 0.682. The molecule has 1 unspecified atom stereocenters. The fourth-order valence-electron chi connectivity index (χ4n) is 4.84. The maximum Gasteiger partial charge on any atom is 0.0973 e. The van der Waals surface area contributed by atoms with E-state index in [9.17, 15) is 0 Å². The average molecular weight is 371 g/mol. The van der Waals surface area contributed by atoms with Crippen molar-refractivity contribution in [2.45, 2.75) is 24.9 Å². The van der Waals surface area contributed by atoms with Crippen LogP contribution in [0.5, 0.6) is 0 Å². The fraction of sp³-hybridized carbons (Fsp3) is 0.308. The molecular formula is C26H30N2. The first-order valence-corrected chi connectivity index (χ1v) is 10.4. The molecule has 0 amide bonds. The number of piperidine rings is 1. The lowest BCUT2D eigenvalue weighted by Gasteiger charge is -2.50. The number of hydrogen-bond donors (Lipinski definition) is 1. The molecule has 0 bridgehead atoms. The van der Waals surface area contributed by atoms with Crippen molar-refractivity contribution >= 4 is 0 Å². The molecule has 1 saturated heterocycles. The minimum absolute atomic E-state index is 0.293. The highest BCUT2D eigenvalue weighted by Gasteiger charge is 2.44. The van der Waals surface area contributed by atoms with Crippen LogP contribution in [0.4, 0.5) is 0 Å². The number of likely N-dealkylation sites (tertiary alicyclic amines) is 1. The van der Waals surface area contributed by atoms with Gasteiger partial charge in [0.05, 0.1) is 5.54 Å². The van der Waals surface area contributed by atoms with E-state index in [-0.39, 0.29) is 5.54 Å². The predicted molar refractivity (Wildman–Crippen MR) is 117 cm³/mol. The lowest BCUT2D eigenvalue weighted by molar-refractivity contribution is 0.0818. The molecule has 1 aliphatic rings. The molecule has 0 aliphatic carbocycles. The quantitative estimate of drug-likeness (QED) is 0.642. The summed E-state index contributed by atoms with van der Waals surface area (Å²) in [4.78, 5) is 2.69. The van der Waals surface area contributed by atoms with E-state index in [0.29, 0.717) is 12.0 Å². The highest BCUT2D eigenvalue weighted by Crippen LogP contribution is 2.44. The van der Waals surface area contributed by atoms with Crippen LogP contribution in [0.3, 0.4) is 0 Å². The molecule has 0 spiro atoms. The van der Waals surface area contributed by atoms with Crippen LogP contribution in [0.2, 0.25) is 0 Å². The zero-order chi connectivity index (χ0) is 19.4. The molecule has 3 aromatic carbocycles. The van der Waals surface area contributed by atoms with Gasteiger partial charge < -0.3 is 5.32 Å². The van der Waals surface area contributed by atoms with Gasteiger partial charge in [0.2, 0.25) is 0 Å². The van der Waals surface area contributed by atoms with E-state index in [4.69, 9.17) is 0 Å². The van der Waals surface area contributed by atoms with Gasteiger partial charge in [0.25, 0.3) is 0 Å². The Morgan fingerprint density at radius 2 is 1.18 bits per heavy atom. The third-order valence-corrected chi connectivity index (χ3v) is 6.38. The Kier molecular flexibility index (Phi) is 5.61. The van der Waals surface area contributed by atoms with Gasteiger partial charge in [-0.3, -0.25) is 4.90 Å². The molecule has 3 aromatic rings. The molecule has 2 atom stereocenters. The topological polar surface area (TPSA) is 15.3 Å². The molecule has 0 saturated carbocycles. The van der Waals surface area contributed by atoms with Gasteiger partial charge in [-0.05, 0) is 36.1 Å². The SMILES string of the molecule is CNC1CN(C(c2ccccc2)(c2ccccc2)c2ccccc2)CC[C@H]1C. The second-order valence-corrected chi connectivity index (χ2v) is 7.92. The van der Waals surface area contributed by atoms with Crippen LogP contribution in [0.1, 0.15) is 30.0 Å². The molecular weight excluding hydrogens is 340 g/mol. The Balaban J connectivity index is 1.96. The summed E-state index contributed by atoms with van der Waals surface area (Å²) in [7, 11) is 2.10. The average Bonchev–Trinajstić information content (AvgIpc) is 2.77. The van der Waals surface area contributed by atoms with Crippen molar-refractivity contribution in [2.24, 2.45) is 5.92 Å². The molecule has 28 heavy (non-hydrogen) atoms. The standard InChI is InChI=1S/C26H30N2/c1-21-18-19-28(20-25(21)27-2)26(22-12-6-3-7-13-22,23-14-8-4-9-15-23)24-16-10-5-11-17-24/h3-17,21,25,27H,18-20H2,1-2H3/t21-,25?/m1/s1. The summed E-state index contributed by atoms with van der Waals surface area (Å²) in [6.07, 6.45) is 1.19. The van der Waals surface area contributed by atoms with Crippen LogP contribution in [0, 0.1) is 5.92 Å². The first-order chi connectivity index (χ1) is 13.8. The molecule has 144 valence electrons. The Bertz CT molecular complexity index is 764. The van der Waals surface area contributed by atoms with E-state index < -0.39 is 0 Å². The summed E-state index contributed by atoms with van der Waals surface area (Å²) in [6, 6.07) is 33.5. The number of hydrogen-bond acceptors (Lipinski definition) is 2. The second kappa shape index (κ2) is 8.30. The van der Waals surface area contributed by atoms with Crippen LogP contribution in [0.25, 0.3) is 0 Å². The van der Waals surface area contributed by atoms with Gasteiger partial charge in [0.1, 0.15) is 0 Å². The Morgan fingerprint density at radius 3 is 1.57 bits per heavy atom. The molecule has 1 aliphatic heterocycles. The zero-order valence-corrected chi connectivity index (χ0v) is 16.9. The van der Waals surface area contributed by atoms with Crippen molar-refractivity contribution in [1.29, 1.82) is 0 Å². The lowest BCUT2D eigenvalue weighted by atomic mass is 9.74. The lowest BCUT2D eigenvalue weighted by Crippen LogP contribution is -2.57. The Labute approximate surface area is 169 Å². The van der Waals surface area contributed by atoms with Gasteiger partial charge in [0, 0.05) is 19.1 Å². The summed E-state index contributed by atoms with van der Waals surface area (Å²) >= 11 is 0. The van der Waals surface area contributed by atoms with Crippen molar-refractivity contribution in [2.75, 3.05) is 20.1 Å². The second-order valence-electron chi connectivity index (χ2n) is 7.92. The highest BCUT2D eigenvalue weighted by molar-refractivity contribution is 5.49. The van der Waals surface area contributed by atoms with Crippen LogP contribution < -0.4 is 5.32 Å². The third kappa shape index (κ3) is 3.28. The Hall–Kier alpha value is -2.42. The van der Waals surface area contributed by atoms with Crippen molar-refractivity contribution in [3.63, 3.8) is 0 Å². The fourth-order valence-corrected chi connectivity index (χ4v) is 4.84. The van der Waals surface area contributed by atoms with E-state index in [1.807, 2.05) is 0 Å². The first kappa shape index (κ1) is 18.9.